The average molecular weight is 540 g/mol. The summed E-state index contributed by atoms with van der Waals surface area (Å²) in [6, 6.07) is 23.9. The van der Waals surface area contributed by atoms with Crippen LogP contribution in [0.25, 0.3) is 5.69 Å². The molecular formula is C31H23Cl2N3O2. The van der Waals surface area contributed by atoms with Crippen LogP contribution in [0.3, 0.4) is 0 Å². The zero-order valence-corrected chi connectivity index (χ0v) is 22.2. The molecule has 3 aromatic carbocycles. The van der Waals surface area contributed by atoms with E-state index in [0.717, 1.165) is 49.9 Å². The number of aromatic nitrogens is 1. The molecule has 8 rings (SSSR count). The normalized spacial score (nSPS) is 23.2. The Balaban J connectivity index is 1.26. The number of imide groups is 1. The highest BCUT2D eigenvalue weighted by Crippen LogP contribution is 2.60. The minimum absolute atomic E-state index is 0.145. The Labute approximate surface area is 230 Å². The Morgan fingerprint density at radius 2 is 1.26 bits per heavy atom. The number of hydrogen-bond acceptors (Lipinski definition) is 3. The zero-order chi connectivity index (χ0) is 26.3. The average Bonchev–Trinajstić information content (AvgIpc) is 3.35. The van der Waals surface area contributed by atoms with E-state index < -0.39 is 11.8 Å². The first-order valence-electron chi connectivity index (χ1n) is 12.6. The quantitative estimate of drug-likeness (QED) is 0.217. The minimum atomic E-state index is -0.446. The highest BCUT2D eigenvalue weighted by Gasteiger charge is 2.61. The van der Waals surface area contributed by atoms with Crippen LogP contribution in [0.2, 0.25) is 10.0 Å². The molecule has 5 nitrogen and oxygen atoms in total. The smallest absolute Gasteiger partial charge is 0.254 e. The molecule has 2 amide bonds. The van der Waals surface area contributed by atoms with Crippen LogP contribution in [-0.2, 0) is 9.59 Å². The third kappa shape index (κ3) is 3.15. The van der Waals surface area contributed by atoms with E-state index in [2.05, 4.69) is 29.4 Å². The van der Waals surface area contributed by atoms with Crippen LogP contribution in [0.4, 0.5) is 0 Å². The van der Waals surface area contributed by atoms with Crippen molar-refractivity contribution in [2.45, 2.75) is 25.7 Å². The Morgan fingerprint density at radius 3 is 1.76 bits per heavy atom. The number of amides is 2. The maximum Gasteiger partial charge on any atom is 0.254 e. The summed E-state index contributed by atoms with van der Waals surface area (Å²) >= 11 is 12.4. The van der Waals surface area contributed by atoms with Crippen LogP contribution in [0.5, 0.6) is 0 Å². The Kier molecular flexibility index (Phi) is 5.19. The summed E-state index contributed by atoms with van der Waals surface area (Å²) in [6.07, 6.45) is 1.62. The molecule has 0 unspecified atom stereocenters. The second-order valence-electron chi connectivity index (χ2n) is 10.3. The molecule has 4 aromatic rings. The van der Waals surface area contributed by atoms with Crippen molar-refractivity contribution >= 4 is 41.2 Å². The lowest BCUT2D eigenvalue weighted by molar-refractivity contribution is -0.139. The number of hydrazone groups is 1. The van der Waals surface area contributed by atoms with Gasteiger partial charge in [-0.05, 0) is 60.4 Å². The fourth-order valence-corrected chi connectivity index (χ4v) is 7.13. The van der Waals surface area contributed by atoms with Crippen LogP contribution < -0.4 is 0 Å². The Morgan fingerprint density at radius 1 is 0.737 bits per heavy atom. The van der Waals surface area contributed by atoms with E-state index in [4.69, 9.17) is 23.2 Å². The molecule has 4 aliphatic rings. The zero-order valence-electron chi connectivity index (χ0n) is 20.7. The molecule has 1 aromatic heterocycles. The lowest BCUT2D eigenvalue weighted by Crippen LogP contribution is -2.41. The van der Waals surface area contributed by atoms with Gasteiger partial charge < -0.3 is 4.57 Å². The molecular weight excluding hydrogens is 517 g/mol. The number of benzene rings is 3. The molecule has 0 N–H and O–H groups in total. The molecule has 0 radical (unpaired) electrons. The van der Waals surface area contributed by atoms with Crippen LogP contribution >= 0.6 is 23.2 Å². The van der Waals surface area contributed by atoms with Gasteiger partial charge in [0.2, 0.25) is 0 Å². The van der Waals surface area contributed by atoms with Gasteiger partial charge in [0.05, 0.1) is 28.1 Å². The summed E-state index contributed by atoms with van der Waals surface area (Å²) in [5, 5.41) is 6.56. The molecule has 2 bridgehead atoms. The summed E-state index contributed by atoms with van der Waals surface area (Å²) in [5.41, 5.74) is 8.17. The largest absolute Gasteiger partial charge is 0.318 e. The molecule has 3 aliphatic carbocycles. The maximum absolute atomic E-state index is 13.8. The second kappa shape index (κ2) is 8.42. The van der Waals surface area contributed by atoms with Crippen molar-refractivity contribution in [2.24, 2.45) is 16.9 Å². The van der Waals surface area contributed by atoms with Crippen molar-refractivity contribution in [3.63, 3.8) is 0 Å². The lowest BCUT2D eigenvalue weighted by atomic mass is 9.55. The minimum Gasteiger partial charge on any atom is -0.318 e. The number of hydrogen-bond donors (Lipinski definition) is 0. The predicted octanol–water partition coefficient (Wildman–Crippen LogP) is 6.63. The van der Waals surface area contributed by atoms with Crippen molar-refractivity contribution < 1.29 is 9.59 Å². The molecule has 1 fully saturated rings. The second-order valence-corrected chi connectivity index (χ2v) is 11.1. The first-order valence-corrected chi connectivity index (χ1v) is 13.4. The highest BCUT2D eigenvalue weighted by molar-refractivity contribution is 6.42. The summed E-state index contributed by atoms with van der Waals surface area (Å²) in [6.45, 7) is 3.96. The van der Waals surface area contributed by atoms with Crippen LogP contribution in [-0.4, -0.2) is 27.6 Å². The van der Waals surface area contributed by atoms with E-state index >= 15 is 0 Å². The molecule has 7 heteroatoms. The molecule has 0 spiro atoms. The van der Waals surface area contributed by atoms with Crippen LogP contribution in [0, 0.1) is 25.7 Å². The summed E-state index contributed by atoms with van der Waals surface area (Å²) in [7, 11) is 0. The fraction of sp³-hybridized carbons (Fsp3) is 0.194. The van der Waals surface area contributed by atoms with Gasteiger partial charge in [-0.3, -0.25) is 9.59 Å². The summed E-state index contributed by atoms with van der Waals surface area (Å²) in [4.78, 5) is 27.6. The molecule has 2 heterocycles. The number of carbonyl (C=O) groups is 2. The maximum atomic E-state index is 13.8. The molecule has 1 saturated heterocycles. The van der Waals surface area contributed by atoms with Crippen molar-refractivity contribution in [1.29, 1.82) is 0 Å². The summed E-state index contributed by atoms with van der Waals surface area (Å²) < 4.78 is 2.05. The SMILES string of the molecule is Cc1cc(/C=N\N2C(=O)[C@@H]3C4c5ccccc5C(c5ccccc54)[C@H]3C2=O)c(C)n1-c1ccc(Cl)c(Cl)c1. The van der Waals surface area contributed by atoms with Gasteiger partial charge in [-0.2, -0.15) is 10.1 Å². The first kappa shape index (κ1) is 23.4. The van der Waals surface area contributed by atoms with Gasteiger partial charge in [0.1, 0.15) is 0 Å². The van der Waals surface area contributed by atoms with E-state index in [1.807, 2.05) is 60.9 Å². The predicted molar refractivity (Wildman–Crippen MR) is 148 cm³/mol. The third-order valence-corrected chi connectivity index (χ3v) is 9.11. The molecule has 1 aliphatic heterocycles. The molecule has 0 saturated carbocycles. The van der Waals surface area contributed by atoms with Gasteiger partial charge in [-0.25, -0.2) is 0 Å². The van der Waals surface area contributed by atoms with E-state index in [0.29, 0.717) is 10.0 Å². The van der Waals surface area contributed by atoms with Crippen LogP contribution in [0.15, 0.2) is 77.9 Å². The number of aryl methyl sites for hydroxylation is 1. The molecule has 38 heavy (non-hydrogen) atoms. The van der Waals surface area contributed by atoms with Gasteiger partial charge in [0.15, 0.2) is 0 Å². The lowest BCUT2D eigenvalue weighted by Gasteiger charge is -2.45. The Bertz CT molecular complexity index is 1590. The first-order chi connectivity index (χ1) is 18.4. The number of rotatable bonds is 3. The Hall–Kier alpha value is -3.67. The van der Waals surface area contributed by atoms with E-state index in [1.54, 1.807) is 12.3 Å². The number of carbonyl (C=O) groups excluding carboxylic acids is 2. The number of nitrogens with zero attached hydrogens (tertiary/aromatic N) is 3. The third-order valence-electron chi connectivity index (χ3n) is 8.37. The van der Waals surface area contributed by atoms with E-state index in [-0.39, 0.29) is 23.7 Å². The molecule has 2 atom stereocenters. The monoisotopic (exact) mass is 539 g/mol. The van der Waals surface area contributed by atoms with Crippen molar-refractivity contribution in [3.8, 4) is 5.69 Å². The number of halogens is 2. The van der Waals surface area contributed by atoms with Crippen molar-refractivity contribution in [1.82, 2.24) is 9.58 Å². The summed E-state index contributed by atoms with van der Waals surface area (Å²) in [5.74, 6) is -1.64. The van der Waals surface area contributed by atoms with Gasteiger partial charge in [-0.1, -0.05) is 71.7 Å². The van der Waals surface area contributed by atoms with E-state index in [9.17, 15) is 9.59 Å². The highest BCUT2D eigenvalue weighted by atomic mass is 35.5. The van der Waals surface area contributed by atoms with Crippen LogP contribution in [0.1, 0.15) is 51.0 Å². The van der Waals surface area contributed by atoms with Crippen molar-refractivity contribution in [3.05, 3.63) is 122 Å². The van der Waals surface area contributed by atoms with Gasteiger partial charge in [0, 0.05) is 34.5 Å². The standard InChI is InChI=1S/C31H23Cl2N3O2/c1-16-13-18(17(2)35(16)19-11-12-24(32)25(33)14-19)15-34-36-30(37)28-26-20-7-3-4-8-21(20)27(29(28)31(36)38)23-10-6-5-9-22(23)26/h3-15,26-29H,1-2H3/b34-15-/t26?,27?,28-,29-/m1/s1. The van der Waals surface area contributed by atoms with Gasteiger partial charge in [-0.15, -0.1) is 0 Å². The topological polar surface area (TPSA) is 54.7 Å². The van der Waals surface area contributed by atoms with Gasteiger partial charge >= 0.3 is 0 Å². The fourth-order valence-electron chi connectivity index (χ4n) is 6.84. The van der Waals surface area contributed by atoms with Gasteiger partial charge in [0.25, 0.3) is 11.8 Å². The van der Waals surface area contributed by atoms with Crippen molar-refractivity contribution in [2.75, 3.05) is 0 Å². The molecule has 188 valence electrons. The van der Waals surface area contributed by atoms with E-state index in [1.165, 1.54) is 0 Å².